The Labute approximate surface area is 146 Å². The molecular formula is C18H13BrF2N2O. The van der Waals surface area contributed by atoms with Gasteiger partial charge < -0.3 is 5.32 Å². The van der Waals surface area contributed by atoms with Crippen LogP contribution in [-0.4, -0.2) is 5.91 Å². The number of carbonyl (C=O) groups excluding carboxylic acids is 1. The minimum Gasteiger partial charge on any atom is -0.336 e. The Morgan fingerprint density at radius 2 is 2.04 bits per heavy atom. The van der Waals surface area contributed by atoms with Gasteiger partial charge in [-0.1, -0.05) is 40.2 Å². The number of amides is 1. The van der Waals surface area contributed by atoms with Gasteiger partial charge in [-0.25, -0.2) is 8.78 Å². The molecule has 0 radical (unpaired) electrons. The molecule has 0 spiro atoms. The molecule has 6 heteroatoms. The predicted octanol–water partition coefficient (Wildman–Crippen LogP) is 4.21. The first-order valence-electron chi connectivity index (χ1n) is 7.40. The van der Waals surface area contributed by atoms with Gasteiger partial charge in [0.15, 0.2) is 11.6 Å². The SMILES string of the molecule is N#C[C@H](NC(=O)[C@H]1C[C@H]1c1cccc(F)c1F)c1cccc(Br)c1. The highest BCUT2D eigenvalue weighted by atomic mass is 79.9. The zero-order valence-electron chi connectivity index (χ0n) is 12.5. The molecule has 2 aromatic carbocycles. The minimum atomic E-state index is -0.914. The normalized spacial score (nSPS) is 20.1. The lowest BCUT2D eigenvalue weighted by Crippen LogP contribution is -2.29. The summed E-state index contributed by atoms with van der Waals surface area (Å²) in [5.41, 5.74) is 0.875. The molecule has 1 fully saturated rings. The second-order valence-electron chi connectivity index (χ2n) is 5.72. The second kappa shape index (κ2) is 6.70. The fourth-order valence-corrected chi connectivity index (χ4v) is 3.18. The summed E-state index contributed by atoms with van der Waals surface area (Å²) in [7, 11) is 0. The Hall–Kier alpha value is -2.26. The molecule has 1 saturated carbocycles. The van der Waals surface area contributed by atoms with Crippen LogP contribution in [0.2, 0.25) is 0 Å². The standard InChI is InChI=1S/C18H13BrF2N2O/c19-11-4-1-3-10(7-11)16(9-22)23-18(24)14-8-13(14)12-5-2-6-15(20)17(12)21/h1-7,13-14,16H,8H2,(H,23,24)/t13-,14-,16-/m0/s1. The highest BCUT2D eigenvalue weighted by Gasteiger charge is 2.46. The van der Waals surface area contributed by atoms with E-state index in [0.29, 0.717) is 12.0 Å². The van der Waals surface area contributed by atoms with Gasteiger partial charge in [0.2, 0.25) is 5.91 Å². The summed E-state index contributed by atoms with van der Waals surface area (Å²) in [6.45, 7) is 0. The van der Waals surface area contributed by atoms with E-state index in [1.807, 2.05) is 12.1 Å². The van der Waals surface area contributed by atoms with Crippen molar-refractivity contribution < 1.29 is 13.6 Å². The summed E-state index contributed by atoms with van der Waals surface area (Å²) in [5, 5.41) is 12.0. The monoisotopic (exact) mass is 390 g/mol. The topological polar surface area (TPSA) is 52.9 Å². The van der Waals surface area contributed by atoms with Crippen molar-refractivity contribution >= 4 is 21.8 Å². The summed E-state index contributed by atoms with van der Waals surface area (Å²) >= 11 is 3.32. The number of hydrogen-bond acceptors (Lipinski definition) is 2. The van der Waals surface area contributed by atoms with E-state index in [0.717, 1.165) is 10.5 Å². The molecule has 122 valence electrons. The van der Waals surface area contributed by atoms with Gasteiger partial charge in [0.1, 0.15) is 6.04 Å². The van der Waals surface area contributed by atoms with E-state index in [2.05, 4.69) is 21.2 Å². The number of halogens is 3. The van der Waals surface area contributed by atoms with Crippen molar-refractivity contribution in [3.05, 3.63) is 69.7 Å². The summed E-state index contributed by atoms with van der Waals surface area (Å²) in [4.78, 5) is 12.3. The van der Waals surface area contributed by atoms with Crippen LogP contribution in [0.4, 0.5) is 8.78 Å². The van der Waals surface area contributed by atoms with Gasteiger partial charge in [-0.2, -0.15) is 5.26 Å². The maximum absolute atomic E-state index is 13.8. The first-order valence-corrected chi connectivity index (χ1v) is 8.20. The van der Waals surface area contributed by atoms with Gasteiger partial charge in [-0.05, 0) is 41.7 Å². The third kappa shape index (κ3) is 3.31. The Bertz CT molecular complexity index is 834. The molecule has 0 aromatic heterocycles. The van der Waals surface area contributed by atoms with Crippen LogP contribution in [0, 0.1) is 28.9 Å². The first-order chi connectivity index (χ1) is 11.5. The Balaban J connectivity index is 1.70. The lowest BCUT2D eigenvalue weighted by atomic mass is 10.1. The lowest BCUT2D eigenvalue weighted by Gasteiger charge is -2.12. The predicted molar refractivity (Wildman–Crippen MR) is 87.8 cm³/mol. The zero-order chi connectivity index (χ0) is 17.3. The first kappa shape index (κ1) is 16.6. The van der Waals surface area contributed by atoms with Crippen molar-refractivity contribution in [2.45, 2.75) is 18.4 Å². The molecule has 0 bridgehead atoms. The van der Waals surface area contributed by atoms with Gasteiger partial charge >= 0.3 is 0 Å². The van der Waals surface area contributed by atoms with Crippen LogP contribution in [0.5, 0.6) is 0 Å². The van der Waals surface area contributed by atoms with Crippen molar-refractivity contribution in [1.82, 2.24) is 5.32 Å². The second-order valence-corrected chi connectivity index (χ2v) is 6.63. The summed E-state index contributed by atoms with van der Waals surface area (Å²) in [6, 6.07) is 12.3. The van der Waals surface area contributed by atoms with Gasteiger partial charge in [0, 0.05) is 10.4 Å². The van der Waals surface area contributed by atoms with Crippen LogP contribution >= 0.6 is 15.9 Å². The summed E-state index contributed by atoms with van der Waals surface area (Å²) in [6.07, 6.45) is 0.447. The number of nitriles is 1. The van der Waals surface area contributed by atoms with Crippen LogP contribution in [-0.2, 0) is 4.79 Å². The van der Waals surface area contributed by atoms with E-state index in [9.17, 15) is 18.8 Å². The van der Waals surface area contributed by atoms with Gasteiger partial charge in [0.05, 0.1) is 6.07 Å². The molecule has 1 aliphatic carbocycles. The van der Waals surface area contributed by atoms with Crippen molar-refractivity contribution in [3.63, 3.8) is 0 Å². The molecular weight excluding hydrogens is 378 g/mol. The molecule has 24 heavy (non-hydrogen) atoms. The van der Waals surface area contributed by atoms with Gasteiger partial charge in [-0.3, -0.25) is 4.79 Å². The largest absolute Gasteiger partial charge is 0.336 e. The van der Waals surface area contributed by atoms with E-state index < -0.39 is 23.6 Å². The Morgan fingerprint density at radius 1 is 1.29 bits per heavy atom. The third-order valence-corrected chi connectivity index (χ3v) is 4.60. The van der Waals surface area contributed by atoms with Crippen LogP contribution < -0.4 is 5.32 Å². The average molecular weight is 391 g/mol. The van der Waals surface area contributed by atoms with E-state index in [1.54, 1.807) is 18.2 Å². The van der Waals surface area contributed by atoms with Crippen LogP contribution in [0.1, 0.15) is 29.5 Å². The van der Waals surface area contributed by atoms with Gasteiger partial charge in [-0.15, -0.1) is 0 Å². The molecule has 1 N–H and O–H groups in total. The minimum absolute atomic E-state index is 0.214. The molecule has 2 aromatic rings. The fourth-order valence-electron chi connectivity index (χ4n) is 2.76. The highest BCUT2D eigenvalue weighted by Crippen LogP contribution is 2.48. The van der Waals surface area contributed by atoms with Crippen molar-refractivity contribution in [2.24, 2.45) is 5.92 Å². The van der Waals surface area contributed by atoms with Crippen molar-refractivity contribution in [2.75, 3.05) is 0 Å². The molecule has 0 saturated heterocycles. The van der Waals surface area contributed by atoms with Gasteiger partial charge in [0.25, 0.3) is 0 Å². The number of rotatable bonds is 4. The number of carbonyl (C=O) groups is 1. The quantitative estimate of drug-likeness (QED) is 0.849. The summed E-state index contributed by atoms with van der Waals surface area (Å²) in [5.74, 6) is -2.92. The van der Waals surface area contributed by atoms with Crippen LogP contribution in [0.3, 0.4) is 0 Å². The van der Waals surface area contributed by atoms with E-state index in [1.165, 1.54) is 12.1 Å². The maximum atomic E-state index is 13.8. The molecule has 0 unspecified atom stereocenters. The zero-order valence-corrected chi connectivity index (χ0v) is 14.1. The van der Waals surface area contributed by atoms with Crippen LogP contribution in [0.15, 0.2) is 46.9 Å². The molecule has 0 aliphatic heterocycles. The van der Waals surface area contributed by atoms with E-state index in [4.69, 9.17) is 0 Å². The maximum Gasteiger partial charge on any atom is 0.225 e. The molecule has 1 amide bonds. The molecule has 3 rings (SSSR count). The lowest BCUT2D eigenvalue weighted by molar-refractivity contribution is -0.122. The number of nitrogens with one attached hydrogen (secondary N) is 1. The summed E-state index contributed by atoms with van der Waals surface area (Å²) < 4.78 is 27.9. The average Bonchev–Trinajstić information content (AvgIpc) is 3.35. The van der Waals surface area contributed by atoms with Crippen molar-refractivity contribution in [3.8, 4) is 6.07 Å². The Kier molecular flexibility index (Phi) is 4.63. The molecule has 3 nitrogen and oxygen atoms in total. The molecule has 3 atom stereocenters. The van der Waals surface area contributed by atoms with Crippen molar-refractivity contribution in [1.29, 1.82) is 5.26 Å². The van der Waals surface area contributed by atoms with E-state index in [-0.39, 0.29) is 17.4 Å². The molecule has 1 aliphatic rings. The van der Waals surface area contributed by atoms with Crippen LogP contribution in [0.25, 0.3) is 0 Å². The highest BCUT2D eigenvalue weighted by molar-refractivity contribution is 9.10. The number of nitrogens with zero attached hydrogens (tertiary/aromatic N) is 1. The third-order valence-electron chi connectivity index (χ3n) is 4.11. The fraction of sp³-hybridized carbons (Fsp3) is 0.222. The number of benzene rings is 2. The Morgan fingerprint density at radius 3 is 2.75 bits per heavy atom. The van der Waals surface area contributed by atoms with E-state index >= 15 is 0 Å². The molecule has 0 heterocycles. The smallest absolute Gasteiger partial charge is 0.225 e. The number of hydrogen-bond donors (Lipinski definition) is 1.